The van der Waals surface area contributed by atoms with Gasteiger partial charge in [0.1, 0.15) is 5.60 Å². The molecule has 0 bridgehead atoms. The predicted molar refractivity (Wildman–Crippen MR) is 108 cm³/mol. The molecule has 0 saturated carbocycles. The van der Waals surface area contributed by atoms with Gasteiger partial charge in [-0.15, -0.1) is 0 Å². The quantitative estimate of drug-likeness (QED) is 0.521. The van der Waals surface area contributed by atoms with Gasteiger partial charge in [0.25, 0.3) is 5.56 Å². The molecule has 7 nitrogen and oxygen atoms in total. The van der Waals surface area contributed by atoms with Gasteiger partial charge in [-0.1, -0.05) is 25.1 Å². The third kappa shape index (κ3) is 3.12. The Hall–Kier alpha value is -3.03. The number of pyridine rings is 2. The predicted octanol–water partition coefficient (Wildman–Crippen LogP) is 2.64. The van der Waals surface area contributed by atoms with Crippen LogP contribution < -0.4 is 5.56 Å². The van der Waals surface area contributed by atoms with Crippen LogP contribution >= 0.6 is 0 Å². The van der Waals surface area contributed by atoms with Crippen LogP contribution in [-0.4, -0.2) is 32.8 Å². The molecule has 1 aliphatic rings. The van der Waals surface area contributed by atoms with Crippen molar-refractivity contribution in [3.63, 3.8) is 0 Å². The lowest BCUT2D eigenvalue weighted by Gasteiger charge is -2.28. The molecule has 1 aliphatic heterocycles. The van der Waals surface area contributed by atoms with Crippen molar-refractivity contribution in [2.24, 2.45) is 0 Å². The highest BCUT2D eigenvalue weighted by molar-refractivity contribution is 5.84. The van der Waals surface area contributed by atoms with Crippen molar-refractivity contribution < 1.29 is 19.7 Å². The Morgan fingerprint density at radius 1 is 1.31 bits per heavy atom. The summed E-state index contributed by atoms with van der Waals surface area (Å²) in [7, 11) is 1.46. The second-order valence-corrected chi connectivity index (χ2v) is 7.39. The number of carboxylic acid groups (broad SMARTS) is 1. The summed E-state index contributed by atoms with van der Waals surface area (Å²) < 4.78 is 6.82. The number of fused-ring (bicyclic) bond motifs is 4. The summed E-state index contributed by atoms with van der Waals surface area (Å²) in [6, 6.07) is 11.4. The molecule has 0 radical (unpaired) electrons. The molecule has 1 atom stereocenters. The van der Waals surface area contributed by atoms with Crippen LogP contribution in [0.5, 0.6) is 0 Å². The van der Waals surface area contributed by atoms with Crippen molar-refractivity contribution >= 4 is 16.9 Å². The zero-order valence-electron chi connectivity index (χ0n) is 16.3. The van der Waals surface area contributed by atoms with E-state index in [2.05, 4.69) is 0 Å². The summed E-state index contributed by atoms with van der Waals surface area (Å²) >= 11 is 0. The van der Waals surface area contributed by atoms with Crippen molar-refractivity contribution in [2.45, 2.75) is 38.5 Å². The number of aromatic nitrogens is 2. The van der Waals surface area contributed by atoms with Crippen LogP contribution in [0.1, 0.15) is 36.5 Å². The first-order chi connectivity index (χ1) is 13.9. The lowest BCUT2D eigenvalue weighted by molar-refractivity contribution is -0.143. The minimum atomic E-state index is -1.67. The average Bonchev–Trinajstić information content (AvgIpc) is 3.05. The summed E-state index contributed by atoms with van der Waals surface area (Å²) in [4.78, 5) is 29.4. The molecule has 0 fully saturated rings. The van der Waals surface area contributed by atoms with Gasteiger partial charge in [-0.2, -0.15) is 0 Å². The number of rotatable bonds is 6. The number of aliphatic hydroxyl groups is 1. The number of hydrogen-bond donors (Lipinski definition) is 2. The van der Waals surface area contributed by atoms with E-state index in [0.29, 0.717) is 23.5 Å². The first kappa shape index (κ1) is 19.3. The Bertz CT molecular complexity index is 1180. The second kappa shape index (κ2) is 7.09. The van der Waals surface area contributed by atoms with Crippen LogP contribution in [0.25, 0.3) is 22.3 Å². The van der Waals surface area contributed by atoms with E-state index in [0.717, 1.165) is 16.5 Å². The maximum atomic E-state index is 13.3. The van der Waals surface area contributed by atoms with Crippen molar-refractivity contribution in [3.8, 4) is 11.4 Å². The molecule has 0 spiro atoms. The Kier molecular flexibility index (Phi) is 4.72. The smallest absolute Gasteiger partial charge is 0.306 e. The number of para-hydroxylation sites is 1. The monoisotopic (exact) mass is 394 g/mol. The molecule has 29 heavy (non-hydrogen) atoms. The normalized spacial score (nSPS) is 14.4. The number of carboxylic acids is 1. The number of aliphatic carboxylic acids is 1. The minimum Gasteiger partial charge on any atom is -0.481 e. The summed E-state index contributed by atoms with van der Waals surface area (Å²) in [5, 5.41) is 21.4. The molecule has 0 saturated heterocycles. The zero-order chi connectivity index (χ0) is 20.8. The van der Waals surface area contributed by atoms with E-state index >= 15 is 0 Å². The van der Waals surface area contributed by atoms with Crippen LogP contribution in [0.4, 0.5) is 0 Å². The van der Waals surface area contributed by atoms with Gasteiger partial charge in [-0.05, 0) is 30.2 Å². The number of hydrogen-bond acceptors (Lipinski definition) is 5. The molecule has 1 aromatic carbocycles. The van der Waals surface area contributed by atoms with Gasteiger partial charge < -0.3 is 19.5 Å². The maximum Gasteiger partial charge on any atom is 0.306 e. The molecule has 7 heteroatoms. The molecule has 3 aromatic rings. The molecule has 1 unspecified atom stereocenters. The fraction of sp³-hybridized carbons (Fsp3) is 0.318. The number of nitrogens with zero attached hydrogens (tertiary/aromatic N) is 2. The third-order valence-electron chi connectivity index (χ3n) is 5.59. The Morgan fingerprint density at radius 2 is 2.07 bits per heavy atom. The molecule has 3 heterocycles. The van der Waals surface area contributed by atoms with Crippen LogP contribution in [-0.2, 0) is 28.3 Å². The number of carbonyl (C=O) groups is 1. The topological polar surface area (TPSA) is 102 Å². The molecule has 2 aromatic heterocycles. The van der Waals surface area contributed by atoms with Crippen LogP contribution in [0.3, 0.4) is 0 Å². The van der Waals surface area contributed by atoms with Crippen molar-refractivity contribution in [2.75, 3.05) is 7.11 Å². The van der Waals surface area contributed by atoms with Gasteiger partial charge in [0.05, 0.1) is 36.5 Å². The zero-order valence-corrected chi connectivity index (χ0v) is 16.3. The third-order valence-corrected chi connectivity index (χ3v) is 5.59. The van der Waals surface area contributed by atoms with E-state index in [1.165, 1.54) is 7.11 Å². The molecule has 4 rings (SSSR count). The first-order valence-electron chi connectivity index (χ1n) is 9.47. The lowest BCUT2D eigenvalue weighted by atomic mass is 9.85. The molecular weight excluding hydrogens is 372 g/mol. The Morgan fingerprint density at radius 3 is 2.76 bits per heavy atom. The fourth-order valence-corrected chi connectivity index (χ4v) is 4.07. The second-order valence-electron chi connectivity index (χ2n) is 7.39. The van der Waals surface area contributed by atoms with Crippen molar-refractivity contribution in [1.29, 1.82) is 0 Å². The molecule has 2 N–H and O–H groups in total. The number of benzene rings is 1. The van der Waals surface area contributed by atoms with Gasteiger partial charge in [0.2, 0.25) is 0 Å². The Balaban J connectivity index is 1.98. The van der Waals surface area contributed by atoms with E-state index in [1.54, 1.807) is 17.6 Å². The molecule has 150 valence electrons. The van der Waals surface area contributed by atoms with Crippen LogP contribution in [0.2, 0.25) is 0 Å². The van der Waals surface area contributed by atoms with Crippen molar-refractivity contribution in [3.05, 3.63) is 63.4 Å². The lowest BCUT2D eigenvalue weighted by Crippen LogP contribution is -2.35. The van der Waals surface area contributed by atoms with Crippen molar-refractivity contribution in [1.82, 2.24) is 9.55 Å². The summed E-state index contributed by atoms with van der Waals surface area (Å²) in [5.74, 6) is -1.14. The molecule has 0 amide bonds. The van der Waals surface area contributed by atoms with Gasteiger partial charge >= 0.3 is 5.97 Å². The highest BCUT2D eigenvalue weighted by atomic mass is 16.5. The summed E-state index contributed by atoms with van der Waals surface area (Å²) in [6.45, 7) is 2.06. The minimum absolute atomic E-state index is 0.0118. The number of methoxy groups -OCH3 is 1. The SMILES string of the molecule is CCC(O)(CC(=O)O)c1cc2n(c(=O)c1COC)Cc1cc3ccccc3nc1-2. The average molecular weight is 394 g/mol. The largest absolute Gasteiger partial charge is 0.481 e. The fourth-order valence-electron chi connectivity index (χ4n) is 4.07. The summed E-state index contributed by atoms with van der Waals surface area (Å²) in [5.41, 5.74) is 1.60. The molecule has 0 aliphatic carbocycles. The van der Waals surface area contributed by atoms with E-state index < -0.39 is 18.0 Å². The highest BCUT2D eigenvalue weighted by Crippen LogP contribution is 2.37. The highest BCUT2D eigenvalue weighted by Gasteiger charge is 2.36. The first-order valence-corrected chi connectivity index (χ1v) is 9.47. The van der Waals surface area contributed by atoms with Crippen LogP contribution in [0, 0.1) is 0 Å². The van der Waals surface area contributed by atoms with Crippen LogP contribution in [0.15, 0.2) is 41.2 Å². The van der Waals surface area contributed by atoms with Gasteiger partial charge in [0.15, 0.2) is 0 Å². The maximum absolute atomic E-state index is 13.3. The standard InChI is InChI=1S/C22H22N2O5/c1-3-22(28,10-19(25)26)16-9-18-20-14(8-13-6-4-5-7-17(13)23-20)11-24(18)21(27)15(16)12-29-2/h4-9,28H,3,10-12H2,1-2H3,(H,25,26). The number of ether oxygens (including phenoxy) is 1. The van der Waals surface area contributed by atoms with E-state index in [1.807, 2.05) is 30.3 Å². The molecular formula is C22H22N2O5. The van der Waals surface area contributed by atoms with E-state index in [9.17, 15) is 19.8 Å². The van der Waals surface area contributed by atoms with Gasteiger partial charge in [0, 0.05) is 23.6 Å². The van der Waals surface area contributed by atoms with Gasteiger partial charge in [-0.25, -0.2) is 4.98 Å². The Labute approximate surface area is 167 Å². The summed E-state index contributed by atoms with van der Waals surface area (Å²) in [6.07, 6.45) is -0.349. The van der Waals surface area contributed by atoms with E-state index in [-0.39, 0.29) is 24.2 Å². The van der Waals surface area contributed by atoms with E-state index in [4.69, 9.17) is 9.72 Å². The van der Waals surface area contributed by atoms with Gasteiger partial charge in [-0.3, -0.25) is 9.59 Å².